The molecule has 0 saturated heterocycles. The summed E-state index contributed by atoms with van der Waals surface area (Å²) >= 11 is 1.52. The smallest absolute Gasteiger partial charge is 0.178 e. The Morgan fingerprint density at radius 1 is 1.13 bits per heavy atom. The first kappa shape index (κ1) is 16.0. The van der Waals surface area contributed by atoms with Gasteiger partial charge in [-0.25, -0.2) is 17.8 Å². The van der Waals surface area contributed by atoms with Crippen LogP contribution >= 0.6 is 11.8 Å². The van der Waals surface area contributed by atoms with Gasteiger partial charge in [0.2, 0.25) is 0 Å². The monoisotopic (exact) mass is 350 g/mol. The number of hydrogen-bond donors (Lipinski definition) is 0. The molecule has 0 N–H and O–H groups in total. The van der Waals surface area contributed by atoms with Crippen LogP contribution in [0, 0.1) is 5.82 Å². The van der Waals surface area contributed by atoms with E-state index in [1.165, 1.54) is 23.9 Å². The van der Waals surface area contributed by atoms with E-state index >= 15 is 0 Å². The standard InChI is InChI=1S/C16H15FN2O2S2/c17-13-5-7-15(8-6-13)23(20,21)11-3-10-22-16-18-12-14-4-1-2-9-19(14)16/h1-2,4-9,12H,3,10-11H2. The second kappa shape index (κ2) is 6.72. The summed E-state index contributed by atoms with van der Waals surface area (Å²) < 4.78 is 39.2. The van der Waals surface area contributed by atoms with Crippen molar-refractivity contribution >= 4 is 27.1 Å². The fourth-order valence-corrected chi connectivity index (χ4v) is 4.60. The average molecular weight is 350 g/mol. The normalized spacial score (nSPS) is 11.9. The number of nitrogens with zero attached hydrogens (tertiary/aromatic N) is 2. The van der Waals surface area contributed by atoms with Gasteiger partial charge in [-0.15, -0.1) is 0 Å². The average Bonchev–Trinajstić information content (AvgIpc) is 2.95. The van der Waals surface area contributed by atoms with Crippen molar-refractivity contribution in [3.63, 3.8) is 0 Å². The molecule has 120 valence electrons. The van der Waals surface area contributed by atoms with Crippen LogP contribution in [0.25, 0.3) is 5.52 Å². The van der Waals surface area contributed by atoms with Crippen molar-refractivity contribution in [1.82, 2.24) is 9.38 Å². The van der Waals surface area contributed by atoms with Crippen molar-refractivity contribution in [2.24, 2.45) is 0 Å². The molecular formula is C16H15FN2O2S2. The number of hydrogen-bond acceptors (Lipinski definition) is 4. The number of imidazole rings is 1. The van der Waals surface area contributed by atoms with Crippen LogP contribution in [0.1, 0.15) is 6.42 Å². The van der Waals surface area contributed by atoms with Crippen molar-refractivity contribution < 1.29 is 12.8 Å². The van der Waals surface area contributed by atoms with Crippen LogP contribution in [0.5, 0.6) is 0 Å². The largest absolute Gasteiger partial charge is 0.295 e. The van der Waals surface area contributed by atoms with E-state index in [1.54, 1.807) is 6.20 Å². The Labute approximate surface area is 138 Å². The first-order valence-corrected chi connectivity index (χ1v) is 9.73. The Balaban J connectivity index is 1.58. The lowest BCUT2D eigenvalue weighted by molar-refractivity contribution is 0.593. The van der Waals surface area contributed by atoms with Gasteiger partial charge in [-0.2, -0.15) is 0 Å². The predicted octanol–water partition coefficient (Wildman–Crippen LogP) is 3.43. The van der Waals surface area contributed by atoms with Crippen molar-refractivity contribution in [2.75, 3.05) is 11.5 Å². The van der Waals surface area contributed by atoms with E-state index in [1.807, 2.05) is 28.8 Å². The Kier molecular flexibility index (Phi) is 4.68. The summed E-state index contributed by atoms with van der Waals surface area (Å²) in [6, 6.07) is 10.8. The zero-order valence-electron chi connectivity index (χ0n) is 12.2. The highest BCUT2D eigenvalue weighted by Crippen LogP contribution is 2.20. The number of rotatable bonds is 6. The molecule has 0 unspecified atom stereocenters. The van der Waals surface area contributed by atoms with Crippen LogP contribution in [-0.2, 0) is 9.84 Å². The minimum atomic E-state index is -3.37. The van der Waals surface area contributed by atoms with Gasteiger partial charge in [0, 0.05) is 11.9 Å². The Bertz CT molecular complexity index is 905. The fourth-order valence-electron chi connectivity index (χ4n) is 2.20. The van der Waals surface area contributed by atoms with Crippen LogP contribution in [0.2, 0.25) is 0 Å². The molecule has 2 heterocycles. The molecule has 0 spiro atoms. The van der Waals surface area contributed by atoms with E-state index in [4.69, 9.17) is 0 Å². The zero-order valence-corrected chi connectivity index (χ0v) is 13.9. The molecule has 4 nitrogen and oxygen atoms in total. The maximum atomic E-state index is 12.9. The summed E-state index contributed by atoms with van der Waals surface area (Å²) in [6.45, 7) is 0. The number of pyridine rings is 1. The molecular weight excluding hydrogens is 335 g/mol. The molecule has 0 radical (unpaired) electrons. The van der Waals surface area contributed by atoms with Crippen LogP contribution in [0.3, 0.4) is 0 Å². The number of sulfone groups is 1. The van der Waals surface area contributed by atoms with E-state index in [-0.39, 0.29) is 10.6 Å². The number of halogens is 1. The van der Waals surface area contributed by atoms with E-state index < -0.39 is 15.7 Å². The third-order valence-electron chi connectivity index (χ3n) is 3.37. The van der Waals surface area contributed by atoms with Crippen molar-refractivity contribution in [1.29, 1.82) is 0 Å². The quantitative estimate of drug-likeness (QED) is 0.388. The first-order chi connectivity index (χ1) is 11.1. The highest BCUT2D eigenvalue weighted by molar-refractivity contribution is 7.99. The summed E-state index contributed by atoms with van der Waals surface area (Å²) in [4.78, 5) is 4.49. The van der Waals surface area contributed by atoms with Gasteiger partial charge < -0.3 is 0 Å². The first-order valence-electron chi connectivity index (χ1n) is 7.09. The van der Waals surface area contributed by atoms with Crippen LogP contribution in [0.15, 0.2) is 64.9 Å². The lowest BCUT2D eigenvalue weighted by Gasteiger charge is -2.04. The molecule has 0 amide bonds. The van der Waals surface area contributed by atoms with Crippen molar-refractivity contribution in [3.05, 3.63) is 60.7 Å². The highest BCUT2D eigenvalue weighted by atomic mass is 32.2. The molecule has 0 fully saturated rings. The summed E-state index contributed by atoms with van der Waals surface area (Å²) in [7, 11) is -3.37. The van der Waals surface area contributed by atoms with Gasteiger partial charge in [-0.3, -0.25) is 4.40 Å². The molecule has 2 aromatic heterocycles. The predicted molar refractivity (Wildman–Crippen MR) is 89.0 cm³/mol. The van der Waals surface area contributed by atoms with E-state index in [2.05, 4.69) is 4.98 Å². The molecule has 3 aromatic rings. The lowest BCUT2D eigenvalue weighted by Crippen LogP contribution is -2.07. The van der Waals surface area contributed by atoms with E-state index in [9.17, 15) is 12.8 Å². The fraction of sp³-hybridized carbons (Fsp3) is 0.188. The number of aromatic nitrogens is 2. The van der Waals surface area contributed by atoms with Crippen molar-refractivity contribution in [3.8, 4) is 0 Å². The maximum absolute atomic E-state index is 12.9. The number of fused-ring (bicyclic) bond motifs is 1. The number of benzene rings is 1. The molecule has 23 heavy (non-hydrogen) atoms. The van der Waals surface area contributed by atoms with Gasteiger partial charge in [0.25, 0.3) is 0 Å². The zero-order chi connectivity index (χ0) is 16.3. The molecule has 0 bridgehead atoms. The molecule has 0 atom stereocenters. The SMILES string of the molecule is O=S(=O)(CCCSc1ncc2ccccn12)c1ccc(F)cc1. The Hall–Kier alpha value is -1.86. The minimum Gasteiger partial charge on any atom is -0.295 e. The lowest BCUT2D eigenvalue weighted by atomic mass is 10.4. The summed E-state index contributed by atoms with van der Waals surface area (Å²) in [5.74, 6) is 0.245. The molecule has 0 saturated carbocycles. The van der Waals surface area contributed by atoms with Gasteiger partial charge in [0.15, 0.2) is 15.0 Å². The maximum Gasteiger partial charge on any atom is 0.178 e. The molecule has 1 aromatic carbocycles. The van der Waals surface area contributed by atoms with Crippen LogP contribution in [0.4, 0.5) is 4.39 Å². The molecule has 0 aliphatic carbocycles. The summed E-state index contributed by atoms with van der Waals surface area (Å²) in [6.07, 6.45) is 4.23. The summed E-state index contributed by atoms with van der Waals surface area (Å²) in [5, 5.41) is 0.847. The molecule has 0 aliphatic rings. The minimum absolute atomic E-state index is 0.0366. The Morgan fingerprint density at radius 3 is 2.70 bits per heavy atom. The van der Waals surface area contributed by atoms with E-state index in [0.717, 1.165) is 22.8 Å². The molecule has 7 heteroatoms. The third-order valence-corrected chi connectivity index (χ3v) is 6.24. The third kappa shape index (κ3) is 3.73. The van der Waals surface area contributed by atoms with Gasteiger partial charge >= 0.3 is 0 Å². The second-order valence-electron chi connectivity index (χ2n) is 5.01. The topological polar surface area (TPSA) is 51.4 Å². The highest BCUT2D eigenvalue weighted by Gasteiger charge is 2.14. The summed E-state index contributed by atoms with van der Waals surface area (Å²) in [5.41, 5.74) is 1.01. The Morgan fingerprint density at radius 2 is 1.91 bits per heavy atom. The number of thioether (sulfide) groups is 1. The van der Waals surface area contributed by atoms with Gasteiger partial charge in [-0.1, -0.05) is 17.8 Å². The molecule has 0 aliphatic heterocycles. The van der Waals surface area contributed by atoms with Crippen LogP contribution < -0.4 is 0 Å². The van der Waals surface area contributed by atoms with Gasteiger partial charge in [-0.05, 0) is 42.8 Å². The van der Waals surface area contributed by atoms with Crippen molar-refractivity contribution in [2.45, 2.75) is 16.5 Å². The second-order valence-corrected chi connectivity index (χ2v) is 8.18. The van der Waals surface area contributed by atoms with E-state index in [0.29, 0.717) is 12.2 Å². The van der Waals surface area contributed by atoms with Gasteiger partial charge in [0.05, 0.1) is 22.4 Å². The molecule has 3 rings (SSSR count). The van der Waals surface area contributed by atoms with Gasteiger partial charge in [0.1, 0.15) is 5.82 Å². The van der Waals surface area contributed by atoms with Crippen LogP contribution in [-0.4, -0.2) is 29.3 Å².